The SMILES string of the molecule is NC1(c2nc(-c3ccc(Cl)cc3)no2)CCOC1. The predicted octanol–water partition coefficient (Wildman–Crippen LogP) is 1.96. The number of nitrogens with zero attached hydrogens (tertiary/aromatic N) is 2. The van der Waals surface area contributed by atoms with Gasteiger partial charge in [0, 0.05) is 17.2 Å². The molecule has 5 nitrogen and oxygen atoms in total. The van der Waals surface area contributed by atoms with Gasteiger partial charge in [-0.15, -0.1) is 0 Å². The standard InChI is InChI=1S/C12H12ClN3O2/c13-9-3-1-8(2-4-9)10-15-11(18-16-10)12(14)5-6-17-7-12/h1-4H,5-7,14H2. The summed E-state index contributed by atoms with van der Waals surface area (Å²) in [6, 6.07) is 7.24. The van der Waals surface area contributed by atoms with Gasteiger partial charge in [-0.1, -0.05) is 16.8 Å². The first-order valence-electron chi connectivity index (χ1n) is 5.64. The van der Waals surface area contributed by atoms with E-state index in [1.807, 2.05) is 12.1 Å². The van der Waals surface area contributed by atoms with Crippen molar-refractivity contribution in [2.75, 3.05) is 13.2 Å². The molecule has 0 aliphatic carbocycles. The number of aromatic nitrogens is 2. The van der Waals surface area contributed by atoms with Gasteiger partial charge in [0.2, 0.25) is 11.7 Å². The van der Waals surface area contributed by atoms with Crippen LogP contribution in [0.5, 0.6) is 0 Å². The smallest absolute Gasteiger partial charge is 0.249 e. The fourth-order valence-electron chi connectivity index (χ4n) is 1.89. The number of ether oxygens (including phenoxy) is 1. The maximum atomic E-state index is 6.15. The number of halogens is 1. The lowest BCUT2D eigenvalue weighted by Gasteiger charge is -2.14. The molecule has 1 aliphatic heterocycles. The molecule has 2 aromatic rings. The van der Waals surface area contributed by atoms with Crippen LogP contribution in [0.2, 0.25) is 5.02 Å². The molecule has 0 radical (unpaired) electrons. The Morgan fingerprint density at radius 3 is 2.72 bits per heavy atom. The van der Waals surface area contributed by atoms with Crippen LogP contribution in [0.25, 0.3) is 11.4 Å². The van der Waals surface area contributed by atoms with Crippen LogP contribution in [0, 0.1) is 0 Å². The van der Waals surface area contributed by atoms with Gasteiger partial charge in [0.1, 0.15) is 5.54 Å². The molecule has 1 unspecified atom stereocenters. The van der Waals surface area contributed by atoms with E-state index in [4.69, 9.17) is 26.6 Å². The number of rotatable bonds is 2. The van der Waals surface area contributed by atoms with Gasteiger partial charge < -0.3 is 15.0 Å². The highest BCUT2D eigenvalue weighted by Gasteiger charge is 2.38. The van der Waals surface area contributed by atoms with Crippen molar-refractivity contribution < 1.29 is 9.26 Å². The minimum absolute atomic E-state index is 0.412. The molecule has 0 bridgehead atoms. The zero-order valence-electron chi connectivity index (χ0n) is 9.60. The average molecular weight is 266 g/mol. The highest BCUT2D eigenvalue weighted by atomic mass is 35.5. The molecule has 0 spiro atoms. The normalized spacial score (nSPS) is 23.4. The second kappa shape index (κ2) is 4.35. The second-order valence-electron chi connectivity index (χ2n) is 4.39. The van der Waals surface area contributed by atoms with Gasteiger partial charge in [0.05, 0.1) is 6.61 Å². The molecule has 0 amide bonds. The largest absolute Gasteiger partial charge is 0.379 e. The van der Waals surface area contributed by atoms with Crippen molar-refractivity contribution in [3.05, 3.63) is 35.2 Å². The lowest BCUT2D eigenvalue weighted by atomic mass is 10.0. The van der Waals surface area contributed by atoms with Gasteiger partial charge in [-0.2, -0.15) is 4.98 Å². The molecule has 2 N–H and O–H groups in total. The lowest BCUT2D eigenvalue weighted by molar-refractivity contribution is 0.166. The molecule has 94 valence electrons. The molecule has 1 aromatic carbocycles. The number of nitrogens with two attached hydrogens (primary N) is 1. The molecule has 0 saturated carbocycles. The van der Waals surface area contributed by atoms with E-state index in [9.17, 15) is 0 Å². The Morgan fingerprint density at radius 1 is 1.28 bits per heavy atom. The number of hydrogen-bond acceptors (Lipinski definition) is 5. The highest BCUT2D eigenvalue weighted by molar-refractivity contribution is 6.30. The second-order valence-corrected chi connectivity index (χ2v) is 4.83. The molecule has 1 aromatic heterocycles. The van der Waals surface area contributed by atoms with Crippen molar-refractivity contribution in [2.45, 2.75) is 12.0 Å². The van der Waals surface area contributed by atoms with Crippen molar-refractivity contribution in [3.8, 4) is 11.4 Å². The first kappa shape index (κ1) is 11.6. The van der Waals surface area contributed by atoms with E-state index in [2.05, 4.69) is 10.1 Å². The molecule has 6 heteroatoms. The Labute approximate surface area is 109 Å². The van der Waals surface area contributed by atoms with Crippen molar-refractivity contribution in [2.24, 2.45) is 5.73 Å². The summed E-state index contributed by atoms with van der Waals surface area (Å²) in [5.74, 6) is 0.934. The van der Waals surface area contributed by atoms with Crippen LogP contribution < -0.4 is 5.73 Å². The van der Waals surface area contributed by atoms with Crippen LogP contribution in [0.4, 0.5) is 0 Å². The zero-order chi connectivity index (χ0) is 12.6. The number of hydrogen-bond donors (Lipinski definition) is 1. The Bertz CT molecular complexity index is 547. The van der Waals surface area contributed by atoms with Crippen LogP contribution in [0.3, 0.4) is 0 Å². The van der Waals surface area contributed by atoms with Crippen molar-refractivity contribution >= 4 is 11.6 Å². The molecular formula is C12H12ClN3O2. The third-order valence-corrected chi connectivity index (χ3v) is 3.26. The third kappa shape index (κ3) is 2.01. The Morgan fingerprint density at radius 2 is 2.06 bits per heavy atom. The first-order chi connectivity index (χ1) is 8.67. The van der Waals surface area contributed by atoms with Crippen molar-refractivity contribution in [1.29, 1.82) is 0 Å². The minimum atomic E-state index is -0.655. The Balaban J connectivity index is 1.91. The van der Waals surface area contributed by atoms with Gasteiger partial charge in [-0.25, -0.2) is 0 Å². The van der Waals surface area contributed by atoms with Gasteiger partial charge in [-0.3, -0.25) is 0 Å². The monoisotopic (exact) mass is 265 g/mol. The van der Waals surface area contributed by atoms with Gasteiger partial charge in [0.15, 0.2) is 0 Å². The summed E-state index contributed by atoms with van der Waals surface area (Å²) < 4.78 is 10.5. The topological polar surface area (TPSA) is 74.2 Å². The quantitative estimate of drug-likeness (QED) is 0.898. The molecular weight excluding hydrogens is 254 g/mol. The highest BCUT2D eigenvalue weighted by Crippen LogP contribution is 2.28. The Hall–Kier alpha value is -1.43. The lowest BCUT2D eigenvalue weighted by Crippen LogP contribution is -2.37. The fourth-order valence-corrected chi connectivity index (χ4v) is 2.02. The molecule has 1 saturated heterocycles. The molecule has 2 heterocycles. The molecule has 1 fully saturated rings. The molecule has 3 rings (SSSR count). The molecule has 1 atom stereocenters. The summed E-state index contributed by atoms with van der Waals surface area (Å²) in [7, 11) is 0. The summed E-state index contributed by atoms with van der Waals surface area (Å²) in [6.07, 6.45) is 0.690. The van der Waals surface area contributed by atoms with E-state index in [1.165, 1.54) is 0 Å². The van der Waals surface area contributed by atoms with Gasteiger partial charge in [-0.05, 0) is 30.7 Å². The van der Waals surface area contributed by atoms with E-state index in [0.717, 1.165) is 5.56 Å². The van der Waals surface area contributed by atoms with Crippen LogP contribution >= 0.6 is 11.6 Å². The fraction of sp³-hybridized carbons (Fsp3) is 0.333. The molecule has 18 heavy (non-hydrogen) atoms. The maximum absolute atomic E-state index is 6.15. The van der Waals surface area contributed by atoms with E-state index in [0.29, 0.717) is 36.4 Å². The van der Waals surface area contributed by atoms with Gasteiger partial charge >= 0.3 is 0 Å². The average Bonchev–Trinajstić information content (AvgIpc) is 2.99. The van der Waals surface area contributed by atoms with Crippen molar-refractivity contribution in [1.82, 2.24) is 10.1 Å². The van der Waals surface area contributed by atoms with Gasteiger partial charge in [0.25, 0.3) is 0 Å². The summed E-state index contributed by atoms with van der Waals surface area (Å²) in [4.78, 5) is 4.34. The first-order valence-corrected chi connectivity index (χ1v) is 6.02. The van der Waals surface area contributed by atoms with Crippen LogP contribution in [-0.2, 0) is 10.3 Å². The zero-order valence-corrected chi connectivity index (χ0v) is 10.4. The predicted molar refractivity (Wildman–Crippen MR) is 66.0 cm³/mol. The van der Waals surface area contributed by atoms with Crippen LogP contribution in [0.15, 0.2) is 28.8 Å². The molecule has 1 aliphatic rings. The number of benzene rings is 1. The van der Waals surface area contributed by atoms with E-state index in [1.54, 1.807) is 12.1 Å². The third-order valence-electron chi connectivity index (χ3n) is 3.01. The van der Waals surface area contributed by atoms with Crippen molar-refractivity contribution in [3.63, 3.8) is 0 Å². The minimum Gasteiger partial charge on any atom is -0.379 e. The Kier molecular flexibility index (Phi) is 2.81. The van der Waals surface area contributed by atoms with Crippen LogP contribution in [-0.4, -0.2) is 23.4 Å². The van der Waals surface area contributed by atoms with E-state index < -0.39 is 5.54 Å². The summed E-state index contributed by atoms with van der Waals surface area (Å²) in [6.45, 7) is 1.03. The summed E-state index contributed by atoms with van der Waals surface area (Å²) in [5, 5.41) is 4.61. The summed E-state index contributed by atoms with van der Waals surface area (Å²) >= 11 is 5.83. The van der Waals surface area contributed by atoms with E-state index in [-0.39, 0.29) is 0 Å². The maximum Gasteiger partial charge on any atom is 0.249 e. The van der Waals surface area contributed by atoms with Crippen LogP contribution in [0.1, 0.15) is 12.3 Å². The summed E-state index contributed by atoms with van der Waals surface area (Å²) in [5.41, 5.74) is 6.34. The van der Waals surface area contributed by atoms with E-state index >= 15 is 0 Å².